The van der Waals surface area contributed by atoms with E-state index in [0.717, 1.165) is 11.1 Å². The second-order valence-corrected chi connectivity index (χ2v) is 5.75. The molecule has 0 fully saturated rings. The first kappa shape index (κ1) is 17.5. The zero-order chi connectivity index (χ0) is 18.5. The van der Waals surface area contributed by atoms with Gasteiger partial charge in [0.25, 0.3) is 0 Å². The second kappa shape index (κ2) is 7.70. The fraction of sp³-hybridized carbons (Fsp3) is 0.143. The Labute approximate surface area is 151 Å². The molecule has 0 aliphatic heterocycles. The van der Waals surface area contributed by atoms with Crippen LogP contribution < -0.4 is 0 Å². The summed E-state index contributed by atoms with van der Waals surface area (Å²) in [5.74, 6) is 0.173. The Hall–Kier alpha value is -3.34. The molecule has 0 saturated heterocycles. The summed E-state index contributed by atoms with van der Waals surface area (Å²) < 4.78 is 15.4. The molecule has 3 aromatic rings. The van der Waals surface area contributed by atoms with Gasteiger partial charge in [-0.1, -0.05) is 59.3 Å². The number of methoxy groups -OCH3 is 2. The van der Waals surface area contributed by atoms with E-state index in [-0.39, 0.29) is 0 Å². The van der Waals surface area contributed by atoms with Crippen molar-refractivity contribution in [3.63, 3.8) is 0 Å². The summed E-state index contributed by atoms with van der Waals surface area (Å²) in [5, 5.41) is 4.18. The van der Waals surface area contributed by atoms with Crippen LogP contribution in [0.5, 0.6) is 0 Å². The first-order valence-electron chi connectivity index (χ1n) is 8.09. The van der Waals surface area contributed by atoms with Gasteiger partial charge in [0, 0.05) is 22.8 Å². The molecule has 3 rings (SSSR count). The smallest absolute Gasteiger partial charge is 0.341 e. The molecule has 0 aliphatic rings. The molecule has 1 aromatic heterocycles. The van der Waals surface area contributed by atoms with Crippen LogP contribution in [-0.4, -0.2) is 25.3 Å². The number of esters is 1. The molecule has 0 unspecified atom stereocenters. The predicted octanol–water partition coefficient (Wildman–Crippen LogP) is 4.48. The number of carbonyl (C=O) groups is 1. The monoisotopic (exact) mass is 349 g/mol. The first-order valence-corrected chi connectivity index (χ1v) is 8.09. The van der Waals surface area contributed by atoms with E-state index in [0.29, 0.717) is 22.6 Å². The SMILES string of the molecule is CO/C=C(/C(=O)OC)c1ccccc1-c1cc(-c2ccc(C)cc2)on1. The number of ether oxygens (including phenoxy) is 2. The van der Waals surface area contributed by atoms with Gasteiger partial charge in [0.2, 0.25) is 0 Å². The number of nitrogens with zero attached hydrogens (tertiary/aromatic N) is 1. The number of benzene rings is 2. The zero-order valence-electron chi connectivity index (χ0n) is 14.9. The van der Waals surface area contributed by atoms with Crippen LogP contribution in [0.15, 0.2) is 65.4 Å². The van der Waals surface area contributed by atoms with E-state index >= 15 is 0 Å². The molecule has 0 radical (unpaired) electrons. The zero-order valence-corrected chi connectivity index (χ0v) is 14.9. The average Bonchev–Trinajstić information content (AvgIpc) is 3.16. The summed E-state index contributed by atoms with van der Waals surface area (Å²) in [4.78, 5) is 12.1. The minimum absolute atomic E-state index is 0.311. The number of hydrogen-bond acceptors (Lipinski definition) is 5. The van der Waals surface area contributed by atoms with Gasteiger partial charge in [-0.3, -0.25) is 0 Å². The third-order valence-electron chi connectivity index (χ3n) is 3.98. The van der Waals surface area contributed by atoms with Crippen molar-refractivity contribution in [1.29, 1.82) is 0 Å². The molecular weight excluding hydrogens is 330 g/mol. The van der Waals surface area contributed by atoms with E-state index < -0.39 is 5.97 Å². The molecule has 0 amide bonds. The van der Waals surface area contributed by atoms with Crippen LogP contribution in [0.2, 0.25) is 0 Å². The molecule has 1 heterocycles. The third-order valence-corrected chi connectivity index (χ3v) is 3.98. The number of rotatable bonds is 5. The van der Waals surface area contributed by atoms with Crippen molar-refractivity contribution < 1.29 is 18.8 Å². The lowest BCUT2D eigenvalue weighted by atomic mass is 9.98. The summed E-state index contributed by atoms with van der Waals surface area (Å²) in [6.45, 7) is 2.03. The Morgan fingerprint density at radius 2 is 1.81 bits per heavy atom. The molecule has 26 heavy (non-hydrogen) atoms. The molecule has 5 heteroatoms. The van der Waals surface area contributed by atoms with Gasteiger partial charge in [-0.15, -0.1) is 0 Å². The summed E-state index contributed by atoms with van der Waals surface area (Å²) in [6, 6.07) is 17.3. The van der Waals surface area contributed by atoms with E-state index in [1.54, 1.807) is 0 Å². The van der Waals surface area contributed by atoms with Crippen molar-refractivity contribution in [2.45, 2.75) is 6.92 Å². The largest absolute Gasteiger partial charge is 0.503 e. The van der Waals surface area contributed by atoms with Crippen molar-refractivity contribution in [1.82, 2.24) is 5.16 Å². The molecule has 0 atom stereocenters. The highest BCUT2D eigenvalue weighted by molar-refractivity contribution is 6.17. The number of hydrogen-bond donors (Lipinski definition) is 0. The van der Waals surface area contributed by atoms with E-state index in [2.05, 4.69) is 5.16 Å². The summed E-state index contributed by atoms with van der Waals surface area (Å²) in [6.07, 6.45) is 1.37. The van der Waals surface area contributed by atoms with Crippen LogP contribution in [0, 0.1) is 6.92 Å². The van der Waals surface area contributed by atoms with E-state index in [1.165, 1.54) is 26.0 Å². The van der Waals surface area contributed by atoms with Gasteiger partial charge >= 0.3 is 5.97 Å². The summed E-state index contributed by atoms with van der Waals surface area (Å²) in [5.41, 5.74) is 4.46. The van der Waals surface area contributed by atoms with Crippen LogP contribution >= 0.6 is 0 Å². The van der Waals surface area contributed by atoms with Crippen molar-refractivity contribution in [2.75, 3.05) is 14.2 Å². The van der Waals surface area contributed by atoms with Gasteiger partial charge in [0.05, 0.1) is 20.5 Å². The average molecular weight is 349 g/mol. The molecule has 0 bridgehead atoms. The lowest BCUT2D eigenvalue weighted by Gasteiger charge is -2.09. The number of aromatic nitrogens is 1. The van der Waals surface area contributed by atoms with Crippen LogP contribution in [-0.2, 0) is 14.3 Å². The van der Waals surface area contributed by atoms with E-state index in [1.807, 2.05) is 61.5 Å². The van der Waals surface area contributed by atoms with Crippen LogP contribution in [0.1, 0.15) is 11.1 Å². The van der Waals surface area contributed by atoms with Crippen molar-refractivity contribution in [3.05, 3.63) is 72.0 Å². The quantitative estimate of drug-likeness (QED) is 0.386. The lowest BCUT2D eigenvalue weighted by Crippen LogP contribution is -2.05. The summed E-state index contributed by atoms with van der Waals surface area (Å²) >= 11 is 0. The molecule has 2 aromatic carbocycles. The molecule has 132 valence electrons. The van der Waals surface area contributed by atoms with Gasteiger partial charge in [-0.05, 0) is 6.92 Å². The highest BCUT2D eigenvalue weighted by Gasteiger charge is 2.19. The highest BCUT2D eigenvalue weighted by atomic mass is 16.5. The minimum Gasteiger partial charge on any atom is -0.503 e. The molecule has 0 saturated carbocycles. The molecule has 0 N–H and O–H groups in total. The van der Waals surface area contributed by atoms with Gasteiger partial charge in [0.15, 0.2) is 5.76 Å². The Morgan fingerprint density at radius 3 is 2.50 bits per heavy atom. The second-order valence-electron chi connectivity index (χ2n) is 5.75. The maximum absolute atomic E-state index is 12.1. The standard InChI is InChI=1S/C21H19NO4/c1-14-8-10-15(11-9-14)20-12-19(22-26-20)17-7-5-4-6-16(17)18(13-24-2)21(23)25-3/h4-13H,1-3H3/b18-13+. The summed E-state index contributed by atoms with van der Waals surface area (Å²) in [7, 11) is 2.82. The van der Waals surface area contributed by atoms with Crippen molar-refractivity contribution >= 4 is 11.5 Å². The van der Waals surface area contributed by atoms with Gasteiger partial charge < -0.3 is 14.0 Å². The predicted molar refractivity (Wildman–Crippen MR) is 99.1 cm³/mol. The fourth-order valence-electron chi connectivity index (χ4n) is 2.65. The van der Waals surface area contributed by atoms with Crippen molar-refractivity contribution in [2.24, 2.45) is 0 Å². The first-order chi connectivity index (χ1) is 12.6. The van der Waals surface area contributed by atoms with Crippen LogP contribution in [0.3, 0.4) is 0 Å². The molecular formula is C21H19NO4. The highest BCUT2D eigenvalue weighted by Crippen LogP contribution is 2.32. The van der Waals surface area contributed by atoms with Gasteiger partial charge in [-0.25, -0.2) is 4.79 Å². The molecule has 0 aliphatic carbocycles. The Kier molecular flexibility index (Phi) is 5.17. The fourth-order valence-corrected chi connectivity index (χ4v) is 2.65. The topological polar surface area (TPSA) is 61.6 Å². The minimum atomic E-state index is -0.485. The van der Waals surface area contributed by atoms with Crippen molar-refractivity contribution in [3.8, 4) is 22.6 Å². The van der Waals surface area contributed by atoms with Gasteiger partial charge in [-0.2, -0.15) is 0 Å². The normalized spacial score (nSPS) is 11.3. The van der Waals surface area contributed by atoms with Crippen LogP contribution in [0.4, 0.5) is 0 Å². The lowest BCUT2D eigenvalue weighted by molar-refractivity contribution is -0.133. The Balaban J connectivity index is 2.05. The molecule has 5 nitrogen and oxygen atoms in total. The Morgan fingerprint density at radius 1 is 1.08 bits per heavy atom. The van der Waals surface area contributed by atoms with Gasteiger partial charge in [0.1, 0.15) is 11.3 Å². The number of aryl methyl sites for hydroxylation is 1. The maximum atomic E-state index is 12.1. The van der Waals surface area contributed by atoms with E-state index in [4.69, 9.17) is 14.0 Å². The van der Waals surface area contributed by atoms with Crippen LogP contribution in [0.25, 0.3) is 28.2 Å². The number of carbonyl (C=O) groups excluding carboxylic acids is 1. The maximum Gasteiger partial charge on any atom is 0.341 e. The third kappa shape index (κ3) is 3.52. The Bertz CT molecular complexity index is 939. The molecule has 0 spiro atoms. The van der Waals surface area contributed by atoms with E-state index in [9.17, 15) is 4.79 Å².